The number of nitrogens with one attached hydrogen (secondary N) is 2. The Hall–Kier alpha value is -2.06. The van der Waals surface area contributed by atoms with Gasteiger partial charge in [-0.2, -0.15) is 0 Å². The zero-order chi connectivity index (χ0) is 14.3. The van der Waals surface area contributed by atoms with Crippen molar-refractivity contribution in [2.75, 3.05) is 25.5 Å². The van der Waals surface area contributed by atoms with E-state index in [2.05, 4.69) is 10.5 Å². The smallest absolute Gasteiger partial charge is 0.360 e. The molecule has 102 valence electrons. The van der Waals surface area contributed by atoms with Gasteiger partial charge in [-0.05, 0) is 18.2 Å². The van der Waals surface area contributed by atoms with Crippen LogP contribution in [-0.2, 0) is 4.65 Å². The SMILES string of the molecule is COBNCCNc1cc(C(=O)O)ccc1C(N)=O. The number of hydrogen-bond donors (Lipinski definition) is 4. The molecule has 0 atom stereocenters. The van der Waals surface area contributed by atoms with Crippen LogP contribution in [0, 0.1) is 0 Å². The standard InChI is InChI=1S/C11H16BN3O4/c1-19-12-15-5-4-14-9-6-7(11(17)18)2-3-8(9)10(13)16/h2-3,6,12,14-15H,4-5H2,1H3,(H2,13,16)(H,17,18). The lowest BCUT2D eigenvalue weighted by Crippen LogP contribution is -2.27. The second-order valence-electron chi connectivity index (χ2n) is 3.79. The van der Waals surface area contributed by atoms with Crippen LogP contribution in [0.25, 0.3) is 0 Å². The van der Waals surface area contributed by atoms with E-state index in [1.807, 2.05) is 0 Å². The van der Waals surface area contributed by atoms with Crippen LogP contribution in [0.4, 0.5) is 5.69 Å². The van der Waals surface area contributed by atoms with Crippen molar-refractivity contribution in [1.82, 2.24) is 5.23 Å². The first kappa shape index (κ1) is 15.0. The fourth-order valence-corrected chi connectivity index (χ4v) is 1.50. The maximum absolute atomic E-state index is 11.2. The molecule has 0 unspecified atom stereocenters. The first-order valence-corrected chi connectivity index (χ1v) is 5.67. The number of benzene rings is 1. The van der Waals surface area contributed by atoms with Crippen LogP contribution in [-0.4, -0.2) is 44.8 Å². The summed E-state index contributed by atoms with van der Waals surface area (Å²) in [5.74, 6) is -1.67. The van der Waals surface area contributed by atoms with Gasteiger partial charge in [-0.3, -0.25) is 4.79 Å². The third-order valence-corrected chi connectivity index (χ3v) is 2.40. The molecule has 0 aliphatic rings. The Labute approximate surface area is 111 Å². The highest BCUT2D eigenvalue weighted by Gasteiger charge is 2.11. The van der Waals surface area contributed by atoms with Crippen LogP contribution < -0.4 is 16.3 Å². The van der Waals surface area contributed by atoms with Gasteiger partial charge in [-0.25, -0.2) is 4.79 Å². The van der Waals surface area contributed by atoms with Crippen LogP contribution in [0.15, 0.2) is 18.2 Å². The quantitative estimate of drug-likeness (QED) is 0.368. The second kappa shape index (κ2) is 7.40. The molecular weight excluding hydrogens is 249 g/mol. The lowest BCUT2D eigenvalue weighted by molar-refractivity contribution is 0.0696. The molecule has 0 radical (unpaired) electrons. The number of carbonyl (C=O) groups is 2. The fourth-order valence-electron chi connectivity index (χ4n) is 1.50. The molecule has 0 saturated carbocycles. The van der Waals surface area contributed by atoms with Gasteiger partial charge in [0.15, 0.2) is 0 Å². The van der Waals surface area contributed by atoms with Crippen LogP contribution in [0.3, 0.4) is 0 Å². The van der Waals surface area contributed by atoms with Crippen molar-refractivity contribution in [3.8, 4) is 0 Å². The number of carboxylic acids is 1. The van der Waals surface area contributed by atoms with E-state index < -0.39 is 11.9 Å². The van der Waals surface area contributed by atoms with Crippen molar-refractivity contribution in [2.45, 2.75) is 0 Å². The van der Waals surface area contributed by atoms with E-state index in [9.17, 15) is 9.59 Å². The number of carbonyl (C=O) groups excluding carboxylic acids is 1. The van der Waals surface area contributed by atoms with E-state index in [4.69, 9.17) is 15.5 Å². The van der Waals surface area contributed by atoms with Crippen LogP contribution >= 0.6 is 0 Å². The summed E-state index contributed by atoms with van der Waals surface area (Å²) in [7, 11) is 1.99. The fraction of sp³-hybridized carbons (Fsp3) is 0.273. The van der Waals surface area contributed by atoms with Crippen LogP contribution in [0.2, 0.25) is 0 Å². The molecule has 0 aliphatic heterocycles. The first-order chi connectivity index (χ1) is 9.06. The molecule has 1 rings (SSSR count). The number of primary amides is 1. The minimum atomic E-state index is -1.06. The molecule has 0 spiro atoms. The summed E-state index contributed by atoms with van der Waals surface area (Å²) < 4.78 is 4.82. The molecule has 0 aliphatic carbocycles. The van der Waals surface area contributed by atoms with E-state index in [0.29, 0.717) is 26.4 Å². The molecule has 1 aromatic rings. The minimum Gasteiger partial charge on any atom is -0.478 e. The van der Waals surface area contributed by atoms with Crippen molar-refractivity contribution >= 4 is 25.2 Å². The normalized spacial score (nSPS) is 9.95. The zero-order valence-electron chi connectivity index (χ0n) is 10.6. The van der Waals surface area contributed by atoms with Gasteiger partial charge in [0.2, 0.25) is 0 Å². The lowest BCUT2D eigenvalue weighted by atomic mass is 10.1. The summed E-state index contributed by atoms with van der Waals surface area (Å²) in [5.41, 5.74) is 6.00. The summed E-state index contributed by atoms with van der Waals surface area (Å²) in [6.07, 6.45) is 0. The molecule has 0 saturated heterocycles. The Bertz CT molecular complexity index is 467. The van der Waals surface area contributed by atoms with Crippen molar-refractivity contribution in [3.63, 3.8) is 0 Å². The molecule has 1 aromatic carbocycles. The van der Waals surface area contributed by atoms with Gasteiger partial charge in [0.25, 0.3) is 5.91 Å². The number of carboxylic acid groups (broad SMARTS) is 1. The Morgan fingerprint density at radius 1 is 1.42 bits per heavy atom. The molecule has 7 nitrogen and oxygen atoms in total. The Balaban J connectivity index is 2.74. The van der Waals surface area contributed by atoms with Gasteiger partial charge in [0.1, 0.15) is 0 Å². The molecule has 8 heteroatoms. The van der Waals surface area contributed by atoms with Gasteiger partial charge in [0.05, 0.1) is 11.1 Å². The third-order valence-electron chi connectivity index (χ3n) is 2.40. The van der Waals surface area contributed by atoms with Crippen molar-refractivity contribution in [3.05, 3.63) is 29.3 Å². The predicted molar refractivity (Wildman–Crippen MR) is 72.6 cm³/mol. The average Bonchev–Trinajstić information content (AvgIpc) is 2.38. The summed E-state index contributed by atoms with van der Waals surface area (Å²) in [4.78, 5) is 22.1. The van der Waals surface area contributed by atoms with Gasteiger partial charge >= 0.3 is 13.6 Å². The summed E-state index contributed by atoms with van der Waals surface area (Å²) in [6, 6.07) is 4.13. The molecule has 19 heavy (non-hydrogen) atoms. The molecule has 0 bridgehead atoms. The Kier molecular flexibility index (Phi) is 5.84. The van der Waals surface area contributed by atoms with E-state index in [0.717, 1.165) is 0 Å². The lowest BCUT2D eigenvalue weighted by Gasteiger charge is -2.11. The highest BCUT2D eigenvalue weighted by atomic mass is 16.4. The van der Waals surface area contributed by atoms with Gasteiger partial charge in [-0.15, -0.1) is 0 Å². The van der Waals surface area contributed by atoms with Crippen molar-refractivity contribution in [1.29, 1.82) is 0 Å². The molecule has 0 heterocycles. The number of nitrogens with two attached hydrogens (primary N) is 1. The number of amides is 1. The van der Waals surface area contributed by atoms with Crippen molar-refractivity contribution < 1.29 is 19.3 Å². The largest absolute Gasteiger partial charge is 0.478 e. The van der Waals surface area contributed by atoms with Gasteiger partial charge in [-0.1, -0.05) is 0 Å². The molecule has 5 N–H and O–H groups in total. The molecule has 0 fully saturated rings. The minimum absolute atomic E-state index is 0.0948. The Morgan fingerprint density at radius 2 is 2.16 bits per heavy atom. The van der Waals surface area contributed by atoms with Crippen molar-refractivity contribution in [2.24, 2.45) is 5.73 Å². The highest BCUT2D eigenvalue weighted by molar-refractivity contribution is 6.23. The number of hydrogen-bond acceptors (Lipinski definition) is 5. The Morgan fingerprint density at radius 3 is 2.74 bits per heavy atom. The van der Waals surface area contributed by atoms with E-state index in [1.165, 1.54) is 18.2 Å². The maximum atomic E-state index is 11.2. The second-order valence-corrected chi connectivity index (χ2v) is 3.79. The third kappa shape index (κ3) is 4.61. The maximum Gasteiger partial charge on any atom is 0.360 e. The molecule has 1 amide bonds. The average molecular weight is 265 g/mol. The number of rotatable bonds is 8. The van der Waals surface area contributed by atoms with Gasteiger partial charge in [0, 0.05) is 25.9 Å². The van der Waals surface area contributed by atoms with E-state index in [1.54, 1.807) is 7.11 Å². The van der Waals surface area contributed by atoms with Crippen LogP contribution in [0.1, 0.15) is 20.7 Å². The number of anilines is 1. The molecule has 0 aromatic heterocycles. The van der Waals surface area contributed by atoms with Crippen LogP contribution in [0.5, 0.6) is 0 Å². The number of aromatic carboxylic acids is 1. The van der Waals surface area contributed by atoms with Gasteiger partial charge < -0.3 is 26.0 Å². The van der Waals surface area contributed by atoms with E-state index >= 15 is 0 Å². The monoisotopic (exact) mass is 265 g/mol. The highest BCUT2D eigenvalue weighted by Crippen LogP contribution is 2.17. The summed E-state index contributed by atoms with van der Waals surface area (Å²) in [5, 5.41) is 14.8. The molecular formula is C11H16BN3O4. The first-order valence-electron chi connectivity index (χ1n) is 5.67. The topological polar surface area (TPSA) is 114 Å². The summed E-state index contributed by atoms with van der Waals surface area (Å²) >= 11 is 0. The van der Waals surface area contributed by atoms with E-state index in [-0.39, 0.29) is 11.1 Å². The predicted octanol–water partition coefficient (Wildman–Crippen LogP) is -0.602. The summed E-state index contributed by atoms with van der Waals surface area (Å²) in [6.45, 7) is 1.11. The zero-order valence-corrected chi connectivity index (χ0v) is 10.6.